The summed E-state index contributed by atoms with van der Waals surface area (Å²) in [7, 11) is -2.25. The molecule has 27 heavy (non-hydrogen) atoms. The zero-order valence-electron chi connectivity index (χ0n) is 15.5. The van der Waals surface area contributed by atoms with Crippen molar-refractivity contribution < 1.29 is 22.7 Å². The van der Waals surface area contributed by atoms with Crippen LogP contribution in [0, 0.1) is 0 Å². The van der Waals surface area contributed by atoms with E-state index in [2.05, 4.69) is 0 Å². The fourth-order valence-electron chi connectivity index (χ4n) is 3.05. The number of anilines is 2. The van der Waals surface area contributed by atoms with Crippen molar-refractivity contribution in [3.63, 3.8) is 0 Å². The maximum Gasteiger partial charge on any atom is 0.264 e. The van der Waals surface area contributed by atoms with Crippen LogP contribution in [0.4, 0.5) is 11.4 Å². The Morgan fingerprint density at radius 2 is 1.93 bits per heavy atom. The molecule has 1 heterocycles. The largest absolute Gasteiger partial charge is 0.497 e. The smallest absolute Gasteiger partial charge is 0.264 e. The van der Waals surface area contributed by atoms with Gasteiger partial charge in [0, 0.05) is 13.5 Å². The third-order valence-corrected chi connectivity index (χ3v) is 6.31. The van der Waals surface area contributed by atoms with Crippen molar-refractivity contribution in [2.45, 2.75) is 18.7 Å². The van der Waals surface area contributed by atoms with Gasteiger partial charge in [0.05, 0.1) is 29.9 Å². The number of methoxy groups -OCH3 is 1. The van der Waals surface area contributed by atoms with E-state index in [9.17, 15) is 13.2 Å². The number of carbonyl (C=O) groups excluding carboxylic acids is 1. The third kappa shape index (κ3) is 3.57. The van der Waals surface area contributed by atoms with Gasteiger partial charge in [0.2, 0.25) is 5.91 Å². The predicted molar refractivity (Wildman–Crippen MR) is 103 cm³/mol. The number of rotatable bonds is 5. The SMILES string of the molecule is CCN(c1ccc(OC)cc1)S(=O)(=O)c1ccc2c(c1)N(C(C)=O)CCO2. The summed E-state index contributed by atoms with van der Waals surface area (Å²) >= 11 is 0. The number of amides is 1. The van der Waals surface area contributed by atoms with E-state index in [1.165, 1.54) is 28.3 Å². The second kappa shape index (κ2) is 7.48. The molecule has 0 aliphatic carbocycles. The molecule has 0 saturated heterocycles. The Balaban J connectivity index is 2.02. The molecule has 0 bridgehead atoms. The Labute approximate surface area is 159 Å². The average Bonchev–Trinajstić information content (AvgIpc) is 2.67. The highest BCUT2D eigenvalue weighted by atomic mass is 32.2. The second-order valence-corrected chi connectivity index (χ2v) is 7.88. The number of ether oxygens (including phenoxy) is 2. The standard InChI is InChI=1S/C19H22N2O5S/c1-4-21(15-5-7-16(25-3)8-6-15)27(23,24)17-9-10-19-18(13-17)20(14(2)22)11-12-26-19/h5-10,13H,4,11-12H2,1-3H3. The molecule has 0 fully saturated rings. The molecule has 0 aromatic heterocycles. The number of carbonyl (C=O) groups is 1. The van der Waals surface area contributed by atoms with E-state index in [0.717, 1.165) is 0 Å². The van der Waals surface area contributed by atoms with Crippen molar-refractivity contribution in [3.8, 4) is 11.5 Å². The van der Waals surface area contributed by atoms with Crippen LogP contribution in [0.3, 0.4) is 0 Å². The third-order valence-electron chi connectivity index (χ3n) is 4.41. The van der Waals surface area contributed by atoms with E-state index in [1.807, 2.05) is 0 Å². The van der Waals surface area contributed by atoms with Crippen molar-refractivity contribution in [2.24, 2.45) is 0 Å². The van der Waals surface area contributed by atoms with Crippen LogP contribution < -0.4 is 18.7 Å². The number of hydrogen-bond donors (Lipinski definition) is 0. The van der Waals surface area contributed by atoms with Gasteiger partial charge in [-0.3, -0.25) is 9.10 Å². The zero-order chi connectivity index (χ0) is 19.6. The molecule has 0 N–H and O–H groups in total. The van der Waals surface area contributed by atoms with Crippen molar-refractivity contribution in [1.82, 2.24) is 0 Å². The van der Waals surface area contributed by atoms with Crippen molar-refractivity contribution >= 4 is 27.3 Å². The van der Waals surface area contributed by atoms with Gasteiger partial charge < -0.3 is 14.4 Å². The number of sulfonamides is 1. The molecular formula is C19H22N2O5S. The molecule has 0 spiro atoms. The minimum absolute atomic E-state index is 0.107. The minimum atomic E-state index is -3.81. The quantitative estimate of drug-likeness (QED) is 0.785. The van der Waals surface area contributed by atoms with Gasteiger partial charge in [-0.2, -0.15) is 0 Å². The van der Waals surface area contributed by atoms with Crippen molar-refractivity contribution in [1.29, 1.82) is 0 Å². The van der Waals surface area contributed by atoms with E-state index < -0.39 is 10.0 Å². The van der Waals surface area contributed by atoms with Crippen LogP contribution >= 0.6 is 0 Å². The van der Waals surface area contributed by atoms with Gasteiger partial charge in [0.15, 0.2) is 0 Å². The van der Waals surface area contributed by atoms with Crippen molar-refractivity contribution in [2.75, 3.05) is 36.0 Å². The molecule has 0 saturated carbocycles. The van der Waals surface area contributed by atoms with Gasteiger partial charge >= 0.3 is 0 Å². The van der Waals surface area contributed by atoms with Gasteiger partial charge in [-0.05, 0) is 49.4 Å². The van der Waals surface area contributed by atoms with Gasteiger partial charge in [-0.1, -0.05) is 0 Å². The highest BCUT2D eigenvalue weighted by Crippen LogP contribution is 2.35. The maximum absolute atomic E-state index is 13.2. The van der Waals surface area contributed by atoms with Crippen LogP contribution in [0.25, 0.3) is 0 Å². The number of nitrogens with zero attached hydrogens (tertiary/aromatic N) is 2. The van der Waals surface area contributed by atoms with E-state index in [-0.39, 0.29) is 17.3 Å². The summed E-state index contributed by atoms with van der Waals surface area (Å²) in [5, 5.41) is 0. The maximum atomic E-state index is 13.2. The predicted octanol–water partition coefficient (Wildman–Crippen LogP) is 2.66. The first kappa shape index (κ1) is 19.0. The summed E-state index contributed by atoms with van der Waals surface area (Å²) in [6.07, 6.45) is 0. The van der Waals surface area contributed by atoms with Crippen LogP contribution in [0.1, 0.15) is 13.8 Å². The Morgan fingerprint density at radius 1 is 1.22 bits per heavy atom. The Kier molecular flexibility index (Phi) is 5.27. The molecule has 1 aliphatic rings. The normalized spacial score (nSPS) is 13.5. The molecule has 2 aromatic rings. The summed E-state index contributed by atoms with van der Waals surface area (Å²) in [5.74, 6) is 0.995. The van der Waals surface area contributed by atoms with Gasteiger partial charge in [0.25, 0.3) is 10.0 Å². The first-order valence-electron chi connectivity index (χ1n) is 8.60. The molecule has 0 unspecified atom stereocenters. The number of fused-ring (bicyclic) bond motifs is 1. The minimum Gasteiger partial charge on any atom is -0.497 e. The lowest BCUT2D eigenvalue weighted by atomic mass is 10.2. The fourth-order valence-corrected chi connectivity index (χ4v) is 4.55. The summed E-state index contributed by atoms with van der Waals surface area (Å²) < 4.78 is 38.5. The van der Waals surface area contributed by atoms with Crippen LogP contribution in [0.15, 0.2) is 47.4 Å². The Morgan fingerprint density at radius 3 is 2.52 bits per heavy atom. The first-order chi connectivity index (χ1) is 12.9. The Bertz CT molecular complexity index is 941. The van der Waals surface area contributed by atoms with E-state index in [4.69, 9.17) is 9.47 Å². The first-order valence-corrected chi connectivity index (χ1v) is 10.0. The second-order valence-electron chi connectivity index (χ2n) is 6.02. The molecule has 0 atom stereocenters. The topological polar surface area (TPSA) is 76.2 Å². The van der Waals surface area contributed by atoms with Crippen LogP contribution in [-0.4, -0.2) is 41.1 Å². The highest BCUT2D eigenvalue weighted by Gasteiger charge is 2.28. The summed E-state index contributed by atoms with van der Waals surface area (Å²) in [5.41, 5.74) is 1.01. The van der Waals surface area contributed by atoms with Gasteiger partial charge in [0.1, 0.15) is 18.1 Å². The van der Waals surface area contributed by atoms with E-state index >= 15 is 0 Å². The summed E-state index contributed by atoms with van der Waals surface area (Å²) in [4.78, 5) is 13.5. The van der Waals surface area contributed by atoms with E-state index in [0.29, 0.717) is 36.0 Å². The lowest BCUT2D eigenvalue weighted by Gasteiger charge is -2.30. The van der Waals surface area contributed by atoms with Crippen LogP contribution in [0.2, 0.25) is 0 Å². The number of benzene rings is 2. The summed E-state index contributed by atoms with van der Waals surface area (Å²) in [6, 6.07) is 11.4. The van der Waals surface area contributed by atoms with Gasteiger partial charge in [-0.15, -0.1) is 0 Å². The summed E-state index contributed by atoms with van der Waals surface area (Å²) in [6.45, 7) is 4.25. The van der Waals surface area contributed by atoms with E-state index in [1.54, 1.807) is 44.4 Å². The molecule has 144 valence electrons. The lowest BCUT2D eigenvalue weighted by Crippen LogP contribution is -2.37. The molecule has 7 nitrogen and oxygen atoms in total. The molecular weight excluding hydrogens is 368 g/mol. The fraction of sp³-hybridized carbons (Fsp3) is 0.316. The van der Waals surface area contributed by atoms with Crippen molar-refractivity contribution in [3.05, 3.63) is 42.5 Å². The molecule has 2 aromatic carbocycles. The monoisotopic (exact) mass is 390 g/mol. The average molecular weight is 390 g/mol. The highest BCUT2D eigenvalue weighted by molar-refractivity contribution is 7.92. The Hall–Kier alpha value is -2.74. The molecule has 0 radical (unpaired) electrons. The molecule has 1 amide bonds. The van der Waals surface area contributed by atoms with Gasteiger partial charge in [-0.25, -0.2) is 8.42 Å². The lowest BCUT2D eigenvalue weighted by molar-refractivity contribution is -0.116. The van der Waals surface area contributed by atoms with Crippen LogP contribution in [0.5, 0.6) is 11.5 Å². The molecule has 8 heteroatoms. The molecule has 1 aliphatic heterocycles. The molecule has 3 rings (SSSR count). The number of hydrogen-bond acceptors (Lipinski definition) is 5. The zero-order valence-corrected chi connectivity index (χ0v) is 16.3. The van der Waals surface area contributed by atoms with Crippen LogP contribution in [-0.2, 0) is 14.8 Å².